The van der Waals surface area contributed by atoms with Gasteiger partial charge in [0, 0.05) is 24.9 Å². The maximum atomic E-state index is 13.1. The van der Waals surface area contributed by atoms with Gasteiger partial charge in [-0.2, -0.15) is 0 Å². The second kappa shape index (κ2) is 8.83. The van der Waals surface area contributed by atoms with Gasteiger partial charge in [0.2, 0.25) is 5.89 Å². The Morgan fingerprint density at radius 3 is 2.74 bits per heavy atom. The average Bonchev–Trinajstić information content (AvgIpc) is 3.45. The van der Waals surface area contributed by atoms with Crippen LogP contribution in [0, 0.1) is 11.8 Å². The number of aromatic hydroxyl groups is 1. The van der Waals surface area contributed by atoms with E-state index in [1.165, 1.54) is 32.1 Å². The van der Waals surface area contributed by atoms with E-state index in [0.717, 1.165) is 42.1 Å². The number of Topliss-reactive ketones (excluding diaryl/α,β-unsaturated/α-hetero) is 1. The van der Waals surface area contributed by atoms with Gasteiger partial charge in [-0.25, -0.2) is 4.98 Å². The molecule has 5 heteroatoms. The van der Waals surface area contributed by atoms with E-state index in [2.05, 4.69) is 9.88 Å². The van der Waals surface area contributed by atoms with Gasteiger partial charge in [-0.1, -0.05) is 49.6 Å². The molecule has 2 aromatic carbocycles. The van der Waals surface area contributed by atoms with Crippen LogP contribution < -0.4 is 0 Å². The van der Waals surface area contributed by atoms with Gasteiger partial charge in [0.15, 0.2) is 5.78 Å². The first-order chi connectivity index (χ1) is 15.2. The molecule has 2 fully saturated rings. The highest BCUT2D eigenvalue weighted by Gasteiger charge is 2.38. The third-order valence-corrected chi connectivity index (χ3v) is 7.12. The van der Waals surface area contributed by atoms with Gasteiger partial charge in [0.1, 0.15) is 12.0 Å². The number of rotatable bonds is 6. The van der Waals surface area contributed by atoms with Crippen molar-refractivity contribution in [3.8, 4) is 5.75 Å². The van der Waals surface area contributed by atoms with E-state index in [9.17, 15) is 9.90 Å². The van der Waals surface area contributed by atoms with E-state index < -0.39 is 0 Å². The zero-order valence-electron chi connectivity index (χ0n) is 17.9. The second-order valence-electron chi connectivity index (χ2n) is 9.26. The number of hydrogen-bond acceptors (Lipinski definition) is 5. The molecule has 31 heavy (non-hydrogen) atoms. The minimum Gasteiger partial charge on any atom is -0.507 e. The molecule has 3 aromatic rings. The Labute approximate surface area is 183 Å². The number of oxazole rings is 1. The number of fused-ring (bicyclic) bond motifs is 1. The van der Waals surface area contributed by atoms with Gasteiger partial charge in [0.25, 0.3) is 0 Å². The van der Waals surface area contributed by atoms with E-state index in [4.69, 9.17) is 4.42 Å². The molecule has 0 bridgehead atoms. The van der Waals surface area contributed by atoms with E-state index in [1.54, 1.807) is 18.5 Å². The molecule has 1 saturated carbocycles. The summed E-state index contributed by atoms with van der Waals surface area (Å²) in [6.07, 6.45) is 11.2. The Balaban J connectivity index is 1.32. The number of benzene rings is 2. The monoisotopic (exact) mass is 418 g/mol. The molecule has 0 spiro atoms. The van der Waals surface area contributed by atoms with Crippen LogP contribution in [0.15, 0.2) is 53.3 Å². The molecule has 0 radical (unpaired) electrons. The first-order valence-corrected chi connectivity index (χ1v) is 11.6. The van der Waals surface area contributed by atoms with Crippen LogP contribution in [-0.4, -0.2) is 33.9 Å². The van der Waals surface area contributed by atoms with Crippen molar-refractivity contribution >= 4 is 16.6 Å². The van der Waals surface area contributed by atoms with Crippen LogP contribution in [0.1, 0.15) is 67.2 Å². The molecule has 5 nitrogen and oxygen atoms in total. The molecule has 2 atom stereocenters. The molecule has 1 aliphatic heterocycles. The predicted molar refractivity (Wildman–Crippen MR) is 120 cm³/mol. The largest absolute Gasteiger partial charge is 0.507 e. The van der Waals surface area contributed by atoms with Crippen molar-refractivity contribution in [3.63, 3.8) is 0 Å². The lowest BCUT2D eigenvalue weighted by Gasteiger charge is -2.29. The van der Waals surface area contributed by atoms with Crippen molar-refractivity contribution < 1.29 is 14.3 Å². The van der Waals surface area contributed by atoms with Crippen molar-refractivity contribution in [1.82, 2.24) is 9.88 Å². The standard InChI is InChI=1S/C26H30N2O3/c29-24(22-11-10-20-8-4-5-9-21(20)25(22)30)15-19-14-23(26-27-12-13-31-26)28(17-19)16-18-6-2-1-3-7-18/h4-5,8-13,18-19,23,30H,1-3,6-7,14-17H2/t19-,23+/m1/s1. The molecular weight excluding hydrogens is 388 g/mol. The highest BCUT2D eigenvalue weighted by atomic mass is 16.3. The summed E-state index contributed by atoms with van der Waals surface area (Å²) >= 11 is 0. The summed E-state index contributed by atoms with van der Waals surface area (Å²) in [6.45, 7) is 1.93. The van der Waals surface area contributed by atoms with E-state index in [-0.39, 0.29) is 23.5 Å². The van der Waals surface area contributed by atoms with Crippen LogP contribution in [0.3, 0.4) is 0 Å². The number of hydrogen-bond donors (Lipinski definition) is 1. The van der Waals surface area contributed by atoms with Crippen LogP contribution in [0.5, 0.6) is 5.75 Å². The highest BCUT2D eigenvalue weighted by Crippen LogP contribution is 2.39. The molecule has 162 valence electrons. The summed E-state index contributed by atoms with van der Waals surface area (Å²) in [7, 11) is 0. The number of ketones is 1. The van der Waals surface area contributed by atoms with Crippen molar-refractivity contribution in [2.24, 2.45) is 11.8 Å². The molecular formula is C26H30N2O3. The number of phenols is 1. The first kappa shape index (κ1) is 20.3. The second-order valence-corrected chi connectivity index (χ2v) is 9.26. The SMILES string of the molecule is O=C(C[C@H]1C[C@@H](c2ncco2)N(CC2CCCCC2)C1)c1ccc2ccccc2c1O. The third-order valence-electron chi connectivity index (χ3n) is 7.12. The van der Waals surface area contributed by atoms with Crippen molar-refractivity contribution in [1.29, 1.82) is 0 Å². The first-order valence-electron chi connectivity index (χ1n) is 11.6. The topological polar surface area (TPSA) is 66.6 Å². The molecule has 2 heterocycles. The molecule has 1 aromatic heterocycles. The lowest BCUT2D eigenvalue weighted by Crippen LogP contribution is -2.31. The van der Waals surface area contributed by atoms with Crippen molar-refractivity contribution in [2.45, 2.75) is 51.0 Å². The zero-order chi connectivity index (χ0) is 21.2. The Bertz CT molecular complexity index is 1040. The maximum absolute atomic E-state index is 13.1. The number of phenolic OH excluding ortho intramolecular Hbond substituents is 1. The number of carbonyl (C=O) groups excluding carboxylic acids is 1. The fraction of sp³-hybridized carbons (Fsp3) is 0.462. The lowest BCUT2D eigenvalue weighted by molar-refractivity contribution is 0.0958. The van der Waals surface area contributed by atoms with Gasteiger partial charge in [-0.3, -0.25) is 9.69 Å². The third kappa shape index (κ3) is 4.24. The lowest BCUT2D eigenvalue weighted by atomic mass is 9.89. The van der Waals surface area contributed by atoms with Gasteiger partial charge in [-0.05, 0) is 42.6 Å². The average molecular weight is 419 g/mol. The molecule has 2 aliphatic rings. The molecule has 1 N–H and O–H groups in total. The van der Waals surface area contributed by atoms with Gasteiger partial charge < -0.3 is 9.52 Å². The quantitative estimate of drug-likeness (QED) is 0.516. The Kier molecular flexibility index (Phi) is 5.77. The smallest absolute Gasteiger partial charge is 0.211 e. The van der Waals surface area contributed by atoms with Gasteiger partial charge >= 0.3 is 0 Å². The molecule has 5 rings (SSSR count). The van der Waals surface area contributed by atoms with E-state index >= 15 is 0 Å². The van der Waals surface area contributed by atoms with Gasteiger partial charge in [-0.15, -0.1) is 0 Å². The molecule has 0 amide bonds. The summed E-state index contributed by atoms with van der Waals surface area (Å²) in [5.74, 6) is 1.84. The minimum atomic E-state index is 0.0129. The van der Waals surface area contributed by atoms with Gasteiger partial charge in [0.05, 0.1) is 17.8 Å². The summed E-state index contributed by atoms with van der Waals surface area (Å²) in [6, 6.07) is 11.5. The Morgan fingerprint density at radius 2 is 1.94 bits per heavy atom. The minimum absolute atomic E-state index is 0.0129. The summed E-state index contributed by atoms with van der Waals surface area (Å²) in [5, 5.41) is 12.4. The normalized spacial score (nSPS) is 22.8. The van der Waals surface area contributed by atoms with Crippen molar-refractivity contribution in [2.75, 3.05) is 13.1 Å². The van der Waals surface area contributed by atoms with Crippen LogP contribution in [0.25, 0.3) is 10.8 Å². The van der Waals surface area contributed by atoms with Crippen molar-refractivity contribution in [3.05, 3.63) is 60.3 Å². The number of nitrogens with zero attached hydrogens (tertiary/aromatic N) is 2. The number of carbonyl (C=O) groups is 1. The molecule has 1 saturated heterocycles. The molecule has 0 unspecified atom stereocenters. The Morgan fingerprint density at radius 1 is 1.10 bits per heavy atom. The van der Waals surface area contributed by atoms with E-state index in [0.29, 0.717) is 12.0 Å². The molecule has 1 aliphatic carbocycles. The van der Waals surface area contributed by atoms with Crippen LogP contribution in [-0.2, 0) is 0 Å². The van der Waals surface area contributed by atoms with Crippen LogP contribution >= 0.6 is 0 Å². The zero-order valence-corrected chi connectivity index (χ0v) is 17.9. The fourth-order valence-electron chi connectivity index (χ4n) is 5.56. The number of aromatic nitrogens is 1. The van der Waals surface area contributed by atoms with Crippen LogP contribution in [0.4, 0.5) is 0 Å². The highest BCUT2D eigenvalue weighted by molar-refractivity contribution is 6.04. The summed E-state index contributed by atoms with van der Waals surface area (Å²) in [4.78, 5) is 20.1. The van der Waals surface area contributed by atoms with E-state index in [1.807, 2.05) is 30.3 Å². The summed E-state index contributed by atoms with van der Waals surface area (Å²) < 4.78 is 5.66. The summed E-state index contributed by atoms with van der Waals surface area (Å²) in [5.41, 5.74) is 0.428. The fourth-order valence-corrected chi connectivity index (χ4v) is 5.56. The maximum Gasteiger partial charge on any atom is 0.211 e. The Hall–Kier alpha value is -2.66. The predicted octanol–water partition coefficient (Wildman–Crippen LogP) is 5.75. The number of likely N-dealkylation sites (tertiary alicyclic amines) is 1. The van der Waals surface area contributed by atoms with Crippen LogP contribution in [0.2, 0.25) is 0 Å².